The summed E-state index contributed by atoms with van der Waals surface area (Å²) in [5.74, 6) is -0.199. The van der Waals surface area contributed by atoms with Crippen molar-refractivity contribution in [1.82, 2.24) is 0 Å². The van der Waals surface area contributed by atoms with E-state index in [2.05, 4.69) is 28.6 Å². The Bertz CT molecular complexity index is 314. The smallest absolute Gasteiger partial charge is 0.0826 e. The van der Waals surface area contributed by atoms with Crippen LogP contribution in [0.5, 0.6) is 0 Å². The van der Waals surface area contributed by atoms with Crippen LogP contribution in [0, 0.1) is 5.92 Å². The maximum absolute atomic E-state index is 9.87. The summed E-state index contributed by atoms with van der Waals surface area (Å²) in [6.07, 6.45) is 10.6. The van der Waals surface area contributed by atoms with Crippen LogP contribution in [0.15, 0.2) is 37.0 Å². The molecule has 2 N–H and O–H groups in total. The lowest BCUT2D eigenvalue weighted by Gasteiger charge is -2.26. The molecule has 102 valence electrons. The van der Waals surface area contributed by atoms with E-state index in [1.165, 1.54) is 0 Å². The van der Waals surface area contributed by atoms with Crippen molar-refractivity contribution in [3.8, 4) is 0 Å². The number of halogens is 1. The second-order valence-corrected chi connectivity index (χ2v) is 6.15. The fraction of sp³-hybridized carbons (Fsp3) is 0.571. The van der Waals surface area contributed by atoms with Crippen molar-refractivity contribution >= 4 is 15.9 Å². The van der Waals surface area contributed by atoms with Crippen molar-refractivity contribution in [2.75, 3.05) is 19.8 Å². The van der Waals surface area contributed by atoms with Crippen LogP contribution in [0.1, 0.15) is 12.8 Å². The maximum Gasteiger partial charge on any atom is 0.0826 e. The van der Waals surface area contributed by atoms with Gasteiger partial charge in [0.15, 0.2) is 0 Å². The third-order valence-corrected chi connectivity index (χ3v) is 3.79. The van der Waals surface area contributed by atoms with Gasteiger partial charge in [-0.25, -0.2) is 0 Å². The Labute approximate surface area is 117 Å². The Morgan fingerprint density at radius 3 is 2.83 bits per heavy atom. The van der Waals surface area contributed by atoms with Gasteiger partial charge < -0.3 is 14.9 Å². The zero-order chi connectivity index (χ0) is 13.4. The van der Waals surface area contributed by atoms with Crippen molar-refractivity contribution in [3.05, 3.63) is 37.0 Å². The van der Waals surface area contributed by atoms with Gasteiger partial charge in [-0.15, -0.1) is 6.58 Å². The average Bonchev–Trinajstić information content (AvgIpc) is 2.36. The molecule has 4 heteroatoms. The van der Waals surface area contributed by atoms with Crippen LogP contribution < -0.4 is 0 Å². The highest BCUT2D eigenvalue weighted by atomic mass is 79.9. The van der Waals surface area contributed by atoms with Gasteiger partial charge in [0, 0.05) is 12.5 Å². The average molecular weight is 317 g/mol. The molecule has 0 fully saturated rings. The number of hydrogen-bond acceptors (Lipinski definition) is 3. The minimum absolute atomic E-state index is 0.0569. The molecular weight excluding hydrogens is 296 g/mol. The van der Waals surface area contributed by atoms with Crippen molar-refractivity contribution in [2.45, 2.75) is 23.3 Å². The Morgan fingerprint density at radius 2 is 2.28 bits per heavy atom. The van der Waals surface area contributed by atoms with Crippen molar-refractivity contribution in [1.29, 1.82) is 0 Å². The molecule has 0 radical (unpaired) electrons. The van der Waals surface area contributed by atoms with Gasteiger partial charge in [0.1, 0.15) is 0 Å². The van der Waals surface area contributed by atoms with E-state index in [1.54, 1.807) is 6.08 Å². The molecule has 0 aromatic rings. The zero-order valence-corrected chi connectivity index (χ0v) is 12.1. The SMILES string of the molecule is C=CC[C@H](CO)[C@H](O)COCC1(Br)C=CC=CC1. The summed E-state index contributed by atoms with van der Waals surface area (Å²) in [6.45, 7) is 4.27. The van der Waals surface area contributed by atoms with E-state index in [-0.39, 0.29) is 23.5 Å². The van der Waals surface area contributed by atoms with E-state index < -0.39 is 6.10 Å². The number of aliphatic hydroxyl groups excluding tert-OH is 2. The highest BCUT2D eigenvalue weighted by Gasteiger charge is 2.25. The van der Waals surface area contributed by atoms with Crippen molar-refractivity contribution < 1.29 is 14.9 Å². The quantitative estimate of drug-likeness (QED) is 0.533. The van der Waals surface area contributed by atoms with Gasteiger partial charge in [-0.05, 0) is 12.8 Å². The molecule has 0 saturated carbocycles. The number of ether oxygens (including phenoxy) is 1. The molecule has 1 unspecified atom stereocenters. The number of alkyl halides is 1. The third-order valence-electron chi connectivity index (χ3n) is 2.98. The highest BCUT2D eigenvalue weighted by molar-refractivity contribution is 9.10. The van der Waals surface area contributed by atoms with Crippen LogP contribution in [0.3, 0.4) is 0 Å². The van der Waals surface area contributed by atoms with Gasteiger partial charge in [-0.2, -0.15) is 0 Å². The molecule has 0 saturated heterocycles. The lowest BCUT2D eigenvalue weighted by molar-refractivity contribution is -0.0122. The lowest BCUT2D eigenvalue weighted by atomic mass is 10.00. The first-order valence-electron chi connectivity index (χ1n) is 6.12. The molecule has 3 nitrogen and oxygen atoms in total. The van der Waals surface area contributed by atoms with E-state index in [9.17, 15) is 5.11 Å². The maximum atomic E-state index is 9.87. The second-order valence-electron chi connectivity index (χ2n) is 4.58. The first-order chi connectivity index (χ1) is 8.61. The van der Waals surface area contributed by atoms with Gasteiger partial charge in [0.25, 0.3) is 0 Å². The van der Waals surface area contributed by atoms with E-state index in [1.807, 2.05) is 18.2 Å². The molecular formula is C14H21BrO3. The molecule has 1 aliphatic carbocycles. The molecule has 0 bridgehead atoms. The van der Waals surface area contributed by atoms with E-state index in [4.69, 9.17) is 9.84 Å². The van der Waals surface area contributed by atoms with Gasteiger partial charge in [0.05, 0.1) is 23.6 Å². The summed E-state index contributed by atoms with van der Waals surface area (Å²) >= 11 is 3.62. The van der Waals surface area contributed by atoms with Crippen LogP contribution >= 0.6 is 15.9 Å². The number of hydrogen-bond donors (Lipinski definition) is 2. The largest absolute Gasteiger partial charge is 0.396 e. The fourth-order valence-corrected chi connectivity index (χ4v) is 2.30. The lowest BCUT2D eigenvalue weighted by Crippen LogP contribution is -2.32. The molecule has 1 rings (SSSR count). The predicted octanol–water partition coefficient (Wildman–Crippen LogP) is 2.20. The minimum atomic E-state index is -0.660. The summed E-state index contributed by atoms with van der Waals surface area (Å²) in [7, 11) is 0. The molecule has 0 aliphatic heterocycles. The second kappa shape index (κ2) is 7.89. The monoisotopic (exact) mass is 316 g/mol. The normalized spacial score (nSPS) is 25.9. The molecule has 1 aliphatic rings. The Hall–Kier alpha value is -0.420. The van der Waals surface area contributed by atoms with E-state index in [0.29, 0.717) is 13.0 Å². The Balaban J connectivity index is 2.30. The summed E-state index contributed by atoms with van der Waals surface area (Å²) in [4.78, 5) is 0. The number of allylic oxidation sites excluding steroid dienone is 4. The molecule has 0 heterocycles. The molecule has 0 aromatic carbocycles. The van der Waals surface area contributed by atoms with Gasteiger partial charge in [-0.1, -0.05) is 46.3 Å². The standard InChI is InChI=1S/C14H21BrO3/c1-2-6-12(9-16)13(17)10-18-11-14(15)7-4-3-5-8-14/h2-5,7,12-13,16-17H,1,6,8-11H2/t12-,13-,14?/m1/s1. The molecule has 0 aromatic heterocycles. The van der Waals surface area contributed by atoms with Gasteiger partial charge >= 0.3 is 0 Å². The number of aliphatic hydroxyl groups is 2. The van der Waals surface area contributed by atoms with Crippen molar-refractivity contribution in [3.63, 3.8) is 0 Å². The van der Waals surface area contributed by atoms with Crippen LogP contribution in [0.4, 0.5) is 0 Å². The fourth-order valence-electron chi connectivity index (χ4n) is 1.80. The summed E-state index contributed by atoms with van der Waals surface area (Å²) in [5, 5.41) is 19.0. The predicted molar refractivity (Wildman–Crippen MR) is 76.8 cm³/mol. The van der Waals surface area contributed by atoms with Crippen LogP contribution in [-0.2, 0) is 4.74 Å². The first-order valence-corrected chi connectivity index (χ1v) is 6.91. The van der Waals surface area contributed by atoms with E-state index >= 15 is 0 Å². The number of rotatable bonds is 8. The van der Waals surface area contributed by atoms with Gasteiger partial charge in [-0.3, -0.25) is 0 Å². The molecule has 0 spiro atoms. The topological polar surface area (TPSA) is 49.7 Å². The molecule has 18 heavy (non-hydrogen) atoms. The molecule has 0 amide bonds. The Morgan fingerprint density at radius 1 is 1.50 bits per heavy atom. The third kappa shape index (κ3) is 5.06. The summed E-state index contributed by atoms with van der Waals surface area (Å²) in [5.41, 5.74) is 0. The zero-order valence-electron chi connectivity index (χ0n) is 10.5. The van der Waals surface area contributed by atoms with Gasteiger partial charge in [0.2, 0.25) is 0 Å². The van der Waals surface area contributed by atoms with Crippen LogP contribution in [0.25, 0.3) is 0 Å². The molecule has 3 atom stereocenters. The summed E-state index contributed by atoms with van der Waals surface area (Å²) in [6, 6.07) is 0. The minimum Gasteiger partial charge on any atom is -0.396 e. The van der Waals surface area contributed by atoms with Crippen LogP contribution in [0.2, 0.25) is 0 Å². The van der Waals surface area contributed by atoms with Crippen molar-refractivity contribution in [2.24, 2.45) is 5.92 Å². The summed E-state index contributed by atoms with van der Waals surface area (Å²) < 4.78 is 5.37. The Kier molecular flexibility index (Phi) is 6.86. The van der Waals surface area contributed by atoms with Crippen LogP contribution in [-0.4, -0.2) is 40.5 Å². The van der Waals surface area contributed by atoms with E-state index in [0.717, 1.165) is 6.42 Å². The first kappa shape index (κ1) is 15.6. The highest BCUT2D eigenvalue weighted by Crippen LogP contribution is 2.28.